The highest BCUT2D eigenvalue weighted by Crippen LogP contribution is 2.20. The summed E-state index contributed by atoms with van der Waals surface area (Å²) >= 11 is 0. The minimum Gasteiger partial charge on any atom is -0.396 e. The van der Waals surface area contributed by atoms with E-state index in [4.69, 9.17) is 5.11 Å². The minimum atomic E-state index is 0.337. The van der Waals surface area contributed by atoms with Crippen LogP contribution in [-0.2, 0) is 6.54 Å². The summed E-state index contributed by atoms with van der Waals surface area (Å²) in [7, 11) is 0. The van der Waals surface area contributed by atoms with Crippen LogP contribution in [0, 0.1) is 19.8 Å². The molecule has 16 heavy (non-hydrogen) atoms. The average Bonchev–Trinajstić information content (AvgIpc) is 2.70. The lowest BCUT2D eigenvalue weighted by Gasteiger charge is -2.17. The van der Waals surface area contributed by atoms with Crippen LogP contribution in [0.3, 0.4) is 0 Å². The molecule has 1 aromatic carbocycles. The van der Waals surface area contributed by atoms with Gasteiger partial charge in [-0.1, -0.05) is 23.8 Å². The Kier molecular flexibility index (Phi) is 3.62. The fourth-order valence-corrected chi connectivity index (χ4v) is 2.47. The van der Waals surface area contributed by atoms with Crippen molar-refractivity contribution in [2.24, 2.45) is 5.92 Å². The van der Waals surface area contributed by atoms with Crippen LogP contribution in [0.2, 0.25) is 0 Å². The van der Waals surface area contributed by atoms with Crippen molar-refractivity contribution in [3.05, 3.63) is 34.9 Å². The van der Waals surface area contributed by atoms with Gasteiger partial charge in [0, 0.05) is 19.7 Å². The summed E-state index contributed by atoms with van der Waals surface area (Å²) in [4.78, 5) is 2.44. The molecule has 1 aliphatic rings. The molecule has 2 nitrogen and oxygen atoms in total. The number of hydrogen-bond acceptors (Lipinski definition) is 2. The fourth-order valence-electron chi connectivity index (χ4n) is 2.47. The number of likely N-dealkylation sites (tertiary alicyclic amines) is 1. The molecule has 0 spiro atoms. The number of rotatable bonds is 3. The molecule has 1 N–H and O–H groups in total. The lowest BCUT2D eigenvalue weighted by molar-refractivity contribution is 0.220. The number of benzene rings is 1. The van der Waals surface area contributed by atoms with E-state index in [1.807, 2.05) is 0 Å². The van der Waals surface area contributed by atoms with Crippen molar-refractivity contribution in [2.75, 3.05) is 19.7 Å². The molecular weight excluding hydrogens is 198 g/mol. The molecule has 0 aromatic heterocycles. The summed E-state index contributed by atoms with van der Waals surface area (Å²) in [5, 5.41) is 9.11. The Morgan fingerprint density at radius 3 is 2.81 bits per heavy atom. The minimum absolute atomic E-state index is 0.337. The summed E-state index contributed by atoms with van der Waals surface area (Å²) < 4.78 is 0. The maximum Gasteiger partial charge on any atom is 0.0471 e. The predicted molar refractivity (Wildman–Crippen MR) is 66.4 cm³/mol. The molecular formula is C14H21NO. The third-order valence-electron chi connectivity index (χ3n) is 3.52. The van der Waals surface area contributed by atoms with E-state index in [-0.39, 0.29) is 0 Å². The Balaban J connectivity index is 1.99. The van der Waals surface area contributed by atoms with Gasteiger partial charge in [0.1, 0.15) is 0 Å². The highest BCUT2D eigenvalue weighted by Gasteiger charge is 2.21. The van der Waals surface area contributed by atoms with E-state index >= 15 is 0 Å². The largest absolute Gasteiger partial charge is 0.396 e. The lowest BCUT2D eigenvalue weighted by Crippen LogP contribution is -2.21. The van der Waals surface area contributed by atoms with Crippen LogP contribution < -0.4 is 0 Å². The summed E-state index contributed by atoms with van der Waals surface area (Å²) in [6.45, 7) is 7.85. The smallest absolute Gasteiger partial charge is 0.0471 e. The second-order valence-electron chi connectivity index (χ2n) is 5.00. The quantitative estimate of drug-likeness (QED) is 0.841. The van der Waals surface area contributed by atoms with E-state index in [0.29, 0.717) is 12.5 Å². The molecule has 0 aliphatic carbocycles. The molecule has 0 saturated carbocycles. The summed E-state index contributed by atoms with van der Waals surface area (Å²) in [6.07, 6.45) is 1.14. The van der Waals surface area contributed by atoms with Gasteiger partial charge >= 0.3 is 0 Å². The molecule has 2 heteroatoms. The predicted octanol–water partition coefficient (Wildman–Crippen LogP) is 2.12. The van der Waals surface area contributed by atoms with E-state index in [2.05, 4.69) is 36.9 Å². The molecule has 0 amide bonds. The SMILES string of the molecule is Cc1ccc(CN2CC[C@@H](CO)C2)c(C)c1. The normalized spacial score (nSPS) is 21.6. The van der Waals surface area contributed by atoms with Gasteiger partial charge < -0.3 is 5.11 Å². The Morgan fingerprint density at radius 1 is 1.38 bits per heavy atom. The third-order valence-corrected chi connectivity index (χ3v) is 3.52. The molecule has 1 saturated heterocycles. The molecule has 1 aromatic rings. The van der Waals surface area contributed by atoms with E-state index in [0.717, 1.165) is 26.1 Å². The first-order chi connectivity index (χ1) is 7.69. The molecule has 2 rings (SSSR count). The van der Waals surface area contributed by atoms with Crippen LogP contribution in [0.1, 0.15) is 23.1 Å². The van der Waals surface area contributed by atoms with Gasteiger partial charge in [0.15, 0.2) is 0 Å². The van der Waals surface area contributed by atoms with Gasteiger partial charge in [-0.25, -0.2) is 0 Å². The van der Waals surface area contributed by atoms with E-state index < -0.39 is 0 Å². The van der Waals surface area contributed by atoms with Gasteiger partial charge in [0.05, 0.1) is 0 Å². The highest BCUT2D eigenvalue weighted by atomic mass is 16.3. The number of nitrogens with zero attached hydrogens (tertiary/aromatic N) is 1. The molecule has 0 unspecified atom stereocenters. The molecule has 1 fully saturated rings. The fraction of sp³-hybridized carbons (Fsp3) is 0.571. The number of hydrogen-bond donors (Lipinski definition) is 1. The Hall–Kier alpha value is -0.860. The Morgan fingerprint density at radius 2 is 2.19 bits per heavy atom. The maximum atomic E-state index is 9.11. The van der Waals surface area contributed by atoms with Crippen LogP contribution >= 0.6 is 0 Å². The van der Waals surface area contributed by atoms with Crippen molar-refractivity contribution < 1.29 is 5.11 Å². The zero-order chi connectivity index (χ0) is 11.5. The van der Waals surface area contributed by atoms with Crippen LogP contribution in [0.15, 0.2) is 18.2 Å². The molecule has 0 bridgehead atoms. The van der Waals surface area contributed by atoms with Gasteiger partial charge in [-0.05, 0) is 43.9 Å². The van der Waals surface area contributed by atoms with E-state index in [1.165, 1.54) is 16.7 Å². The van der Waals surface area contributed by atoms with Crippen molar-refractivity contribution in [3.63, 3.8) is 0 Å². The molecule has 0 radical (unpaired) electrons. The summed E-state index contributed by atoms with van der Waals surface area (Å²) in [5.74, 6) is 0.491. The van der Waals surface area contributed by atoms with Gasteiger partial charge in [0.2, 0.25) is 0 Å². The van der Waals surface area contributed by atoms with Crippen LogP contribution in [0.4, 0.5) is 0 Å². The Bertz CT molecular complexity index is 362. The molecule has 1 heterocycles. The maximum absolute atomic E-state index is 9.11. The summed E-state index contributed by atoms with van der Waals surface area (Å²) in [5.41, 5.74) is 4.13. The lowest BCUT2D eigenvalue weighted by atomic mass is 10.1. The first-order valence-electron chi connectivity index (χ1n) is 6.08. The number of aryl methyl sites for hydroxylation is 2. The van der Waals surface area contributed by atoms with E-state index in [9.17, 15) is 0 Å². The number of aliphatic hydroxyl groups is 1. The highest BCUT2D eigenvalue weighted by molar-refractivity contribution is 5.30. The van der Waals surface area contributed by atoms with Gasteiger partial charge in [-0.3, -0.25) is 4.90 Å². The zero-order valence-electron chi connectivity index (χ0n) is 10.2. The third kappa shape index (κ3) is 2.63. The van der Waals surface area contributed by atoms with Crippen molar-refractivity contribution in [1.82, 2.24) is 4.90 Å². The monoisotopic (exact) mass is 219 g/mol. The first kappa shape index (κ1) is 11.6. The average molecular weight is 219 g/mol. The van der Waals surface area contributed by atoms with Gasteiger partial charge in [0.25, 0.3) is 0 Å². The Labute approximate surface area is 97.9 Å². The van der Waals surface area contributed by atoms with E-state index in [1.54, 1.807) is 0 Å². The summed E-state index contributed by atoms with van der Waals surface area (Å²) in [6, 6.07) is 6.66. The van der Waals surface area contributed by atoms with Crippen molar-refractivity contribution in [3.8, 4) is 0 Å². The molecule has 1 atom stereocenters. The molecule has 1 aliphatic heterocycles. The van der Waals surface area contributed by atoms with Crippen molar-refractivity contribution >= 4 is 0 Å². The van der Waals surface area contributed by atoms with Gasteiger partial charge in [-0.15, -0.1) is 0 Å². The van der Waals surface area contributed by atoms with Crippen LogP contribution in [-0.4, -0.2) is 29.7 Å². The van der Waals surface area contributed by atoms with Crippen LogP contribution in [0.25, 0.3) is 0 Å². The van der Waals surface area contributed by atoms with Crippen molar-refractivity contribution in [2.45, 2.75) is 26.8 Å². The topological polar surface area (TPSA) is 23.5 Å². The standard InChI is InChI=1S/C14H21NO/c1-11-3-4-14(12(2)7-11)9-15-6-5-13(8-15)10-16/h3-4,7,13,16H,5-6,8-10H2,1-2H3/t13-/m1/s1. The number of aliphatic hydroxyl groups excluding tert-OH is 1. The zero-order valence-corrected chi connectivity index (χ0v) is 10.2. The molecule has 88 valence electrons. The second kappa shape index (κ2) is 4.98. The van der Waals surface area contributed by atoms with Gasteiger partial charge in [-0.2, -0.15) is 0 Å². The van der Waals surface area contributed by atoms with Crippen LogP contribution in [0.5, 0.6) is 0 Å². The second-order valence-corrected chi connectivity index (χ2v) is 5.00. The first-order valence-corrected chi connectivity index (χ1v) is 6.08. The van der Waals surface area contributed by atoms with Crippen molar-refractivity contribution in [1.29, 1.82) is 0 Å².